The third-order valence-electron chi connectivity index (χ3n) is 1.82. The Morgan fingerprint density at radius 3 is 2.92 bits per heavy atom. The first kappa shape index (κ1) is 9.26. The molecule has 0 fully saturated rings. The minimum absolute atomic E-state index is 0.879. The molecule has 0 aliphatic rings. The van der Waals surface area contributed by atoms with E-state index < -0.39 is 0 Å². The van der Waals surface area contributed by atoms with Gasteiger partial charge in [0.05, 0.1) is 6.33 Å². The largest absolute Gasteiger partial charge is 0.385 e. The average molecular weight is 168 g/mol. The molecular formula is C9H16N2O. The molecule has 1 aromatic rings. The standard InChI is InChI=1S/C9H16N2O/c1-12-8-4-2-3-6-11-7-5-10-9-11/h5,7,9H,2-4,6,8H2,1H3. The molecule has 0 atom stereocenters. The van der Waals surface area contributed by atoms with Crippen LogP contribution in [0.3, 0.4) is 0 Å². The third-order valence-corrected chi connectivity index (χ3v) is 1.82. The van der Waals surface area contributed by atoms with Crippen molar-refractivity contribution in [3.8, 4) is 0 Å². The Morgan fingerprint density at radius 2 is 2.25 bits per heavy atom. The first-order valence-corrected chi connectivity index (χ1v) is 4.38. The monoisotopic (exact) mass is 168 g/mol. The topological polar surface area (TPSA) is 27.1 Å². The number of aryl methyl sites for hydroxylation is 1. The van der Waals surface area contributed by atoms with E-state index in [4.69, 9.17) is 4.74 Å². The van der Waals surface area contributed by atoms with Crippen LogP contribution in [0.1, 0.15) is 19.3 Å². The summed E-state index contributed by atoms with van der Waals surface area (Å²) in [5, 5.41) is 0. The zero-order valence-corrected chi connectivity index (χ0v) is 7.57. The Morgan fingerprint density at radius 1 is 1.33 bits per heavy atom. The van der Waals surface area contributed by atoms with Gasteiger partial charge >= 0.3 is 0 Å². The molecule has 68 valence electrons. The van der Waals surface area contributed by atoms with E-state index in [2.05, 4.69) is 9.55 Å². The quantitative estimate of drug-likeness (QED) is 0.604. The van der Waals surface area contributed by atoms with Crippen LogP contribution in [0.25, 0.3) is 0 Å². The molecule has 0 N–H and O–H groups in total. The Kier molecular flexibility index (Phi) is 4.46. The summed E-state index contributed by atoms with van der Waals surface area (Å²) in [6.07, 6.45) is 9.26. The summed E-state index contributed by atoms with van der Waals surface area (Å²) in [5.74, 6) is 0. The number of ether oxygens (including phenoxy) is 1. The second-order valence-electron chi connectivity index (χ2n) is 2.85. The molecule has 3 heteroatoms. The van der Waals surface area contributed by atoms with Crippen LogP contribution in [-0.2, 0) is 11.3 Å². The zero-order valence-electron chi connectivity index (χ0n) is 7.57. The van der Waals surface area contributed by atoms with E-state index in [0.717, 1.165) is 19.6 Å². The molecule has 0 spiro atoms. The number of aromatic nitrogens is 2. The molecule has 0 aromatic carbocycles. The Balaban J connectivity index is 1.96. The highest BCUT2D eigenvalue weighted by Crippen LogP contribution is 1.98. The fraction of sp³-hybridized carbons (Fsp3) is 0.667. The molecule has 0 radical (unpaired) electrons. The van der Waals surface area contributed by atoms with Gasteiger partial charge in [0.1, 0.15) is 0 Å². The predicted molar refractivity (Wildman–Crippen MR) is 48.0 cm³/mol. The predicted octanol–water partition coefficient (Wildman–Crippen LogP) is 1.70. The Labute approximate surface area is 73.4 Å². The van der Waals surface area contributed by atoms with Crippen molar-refractivity contribution < 1.29 is 4.74 Å². The highest BCUT2D eigenvalue weighted by Gasteiger charge is 1.90. The number of imidazole rings is 1. The average Bonchev–Trinajstić information content (AvgIpc) is 2.57. The van der Waals surface area contributed by atoms with E-state index in [1.165, 1.54) is 12.8 Å². The Bertz CT molecular complexity index is 184. The van der Waals surface area contributed by atoms with Gasteiger partial charge in [-0.15, -0.1) is 0 Å². The fourth-order valence-corrected chi connectivity index (χ4v) is 1.14. The second-order valence-corrected chi connectivity index (χ2v) is 2.85. The molecule has 1 aromatic heterocycles. The molecule has 3 nitrogen and oxygen atoms in total. The van der Waals surface area contributed by atoms with Gasteiger partial charge in [0.15, 0.2) is 0 Å². The second kappa shape index (κ2) is 5.77. The highest BCUT2D eigenvalue weighted by atomic mass is 16.5. The van der Waals surface area contributed by atoms with Crippen molar-refractivity contribution in [2.75, 3.05) is 13.7 Å². The number of methoxy groups -OCH3 is 1. The lowest BCUT2D eigenvalue weighted by Crippen LogP contribution is -1.95. The van der Waals surface area contributed by atoms with Crippen molar-refractivity contribution in [3.05, 3.63) is 18.7 Å². The van der Waals surface area contributed by atoms with Gasteiger partial charge in [-0.25, -0.2) is 4.98 Å². The van der Waals surface area contributed by atoms with E-state index in [0.29, 0.717) is 0 Å². The van der Waals surface area contributed by atoms with Gasteiger partial charge in [0, 0.05) is 32.7 Å². The first-order valence-electron chi connectivity index (χ1n) is 4.38. The Hall–Kier alpha value is -0.830. The minimum Gasteiger partial charge on any atom is -0.385 e. The van der Waals surface area contributed by atoms with Gasteiger partial charge in [0.25, 0.3) is 0 Å². The molecule has 0 unspecified atom stereocenters. The maximum absolute atomic E-state index is 4.96. The molecule has 12 heavy (non-hydrogen) atoms. The molecule has 0 bridgehead atoms. The molecule has 0 saturated carbocycles. The van der Waals surface area contributed by atoms with Gasteiger partial charge < -0.3 is 9.30 Å². The summed E-state index contributed by atoms with van der Waals surface area (Å²) in [7, 11) is 1.75. The van der Waals surface area contributed by atoms with Crippen LogP contribution in [0.5, 0.6) is 0 Å². The van der Waals surface area contributed by atoms with Crippen molar-refractivity contribution in [3.63, 3.8) is 0 Å². The van der Waals surface area contributed by atoms with Crippen LogP contribution in [0.15, 0.2) is 18.7 Å². The lowest BCUT2D eigenvalue weighted by molar-refractivity contribution is 0.191. The van der Waals surface area contributed by atoms with Crippen molar-refractivity contribution in [1.82, 2.24) is 9.55 Å². The van der Waals surface area contributed by atoms with Crippen molar-refractivity contribution >= 4 is 0 Å². The summed E-state index contributed by atoms with van der Waals surface area (Å²) >= 11 is 0. The molecule has 0 aliphatic carbocycles. The van der Waals surface area contributed by atoms with Crippen LogP contribution < -0.4 is 0 Å². The molecule has 0 aliphatic heterocycles. The van der Waals surface area contributed by atoms with Crippen LogP contribution in [0, 0.1) is 0 Å². The number of hydrogen-bond acceptors (Lipinski definition) is 2. The molecular weight excluding hydrogens is 152 g/mol. The molecule has 0 amide bonds. The fourth-order valence-electron chi connectivity index (χ4n) is 1.14. The lowest BCUT2D eigenvalue weighted by atomic mass is 10.2. The van der Waals surface area contributed by atoms with Crippen LogP contribution in [0.2, 0.25) is 0 Å². The SMILES string of the molecule is COCCCCCn1ccnc1. The third kappa shape index (κ3) is 3.53. The van der Waals surface area contributed by atoms with Gasteiger partial charge in [-0.05, 0) is 19.3 Å². The highest BCUT2D eigenvalue weighted by molar-refractivity contribution is 4.73. The van der Waals surface area contributed by atoms with Crippen molar-refractivity contribution in [1.29, 1.82) is 0 Å². The summed E-state index contributed by atoms with van der Waals surface area (Å²) in [5.41, 5.74) is 0. The van der Waals surface area contributed by atoms with Gasteiger partial charge in [0.2, 0.25) is 0 Å². The summed E-state index contributed by atoms with van der Waals surface area (Å²) < 4.78 is 7.06. The minimum atomic E-state index is 0.879. The number of nitrogens with zero attached hydrogens (tertiary/aromatic N) is 2. The van der Waals surface area contributed by atoms with Gasteiger partial charge in [-0.1, -0.05) is 0 Å². The number of rotatable bonds is 6. The van der Waals surface area contributed by atoms with Crippen LogP contribution in [-0.4, -0.2) is 23.3 Å². The smallest absolute Gasteiger partial charge is 0.0945 e. The van der Waals surface area contributed by atoms with Gasteiger partial charge in [-0.3, -0.25) is 0 Å². The van der Waals surface area contributed by atoms with Gasteiger partial charge in [-0.2, -0.15) is 0 Å². The molecule has 1 heterocycles. The maximum Gasteiger partial charge on any atom is 0.0945 e. The van der Waals surface area contributed by atoms with E-state index in [1.54, 1.807) is 7.11 Å². The van der Waals surface area contributed by atoms with Crippen LogP contribution in [0.4, 0.5) is 0 Å². The van der Waals surface area contributed by atoms with Crippen molar-refractivity contribution in [2.45, 2.75) is 25.8 Å². The molecule has 0 saturated heterocycles. The number of hydrogen-bond donors (Lipinski definition) is 0. The summed E-state index contributed by atoms with van der Waals surface area (Å²) in [6, 6.07) is 0. The summed E-state index contributed by atoms with van der Waals surface area (Å²) in [4.78, 5) is 3.98. The molecule has 1 rings (SSSR count). The van der Waals surface area contributed by atoms with Crippen molar-refractivity contribution in [2.24, 2.45) is 0 Å². The van der Waals surface area contributed by atoms with E-state index in [-0.39, 0.29) is 0 Å². The van der Waals surface area contributed by atoms with E-state index >= 15 is 0 Å². The van der Waals surface area contributed by atoms with E-state index in [9.17, 15) is 0 Å². The van der Waals surface area contributed by atoms with Crippen LogP contribution >= 0.6 is 0 Å². The summed E-state index contributed by atoms with van der Waals surface area (Å²) in [6.45, 7) is 1.95. The first-order chi connectivity index (χ1) is 5.93. The maximum atomic E-state index is 4.96. The number of unbranched alkanes of at least 4 members (excludes halogenated alkanes) is 2. The van der Waals surface area contributed by atoms with E-state index in [1.807, 2.05) is 18.7 Å². The normalized spacial score (nSPS) is 10.4. The zero-order chi connectivity index (χ0) is 8.65. The lowest BCUT2D eigenvalue weighted by Gasteiger charge is -2.01.